The van der Waals surface area contributed by atoms with Crippen LogP contribution in [0, 0.1) is 5.82 Å². The number of halogens is 1. The molecule has 0 atom stereocenters. The number of nitrogens with one attached hydrogen (secondary N) is 1. The standard InChI is InChI=1S/C20H13FN2O/c21-18-8-6-15(14-7-9-19-16(10-14)12-22-23-19)11-17(18)20(24)13-4-2-1-3-5-13/h1-12H,(H,22,23). The number of hydrogen-bond donors (Lipinski definition) is 1. The Morgan fingerprint density at radius 2 is 1.67 bits per heavy atom. The number of rotatable bonds is 3. The van der Waals surface area contributed by atoms with E-state index in [1.165, 1.54) is 6.07 Å². The summed E-state index contributed by atoms with van der Waals surface area (Å²) in [5.74, 6) is -0.837. The van der Waals surface area contributed by atoms with E-state index in [1.54, 1.807) is 42.6 Å². The summed E-state index contributed by atoms with van der Waals surface area (Å²) in [6, 6.07) is 19.1. The molecule has 1 heterocycles. The molecule has 0 aliphatic carbocycles. The van der Waals surface area contributed by atoms with Gasteiger partial charge >= 0.3 is 0 Å². The van der Waals surface area contributed by atoms with Crippen molar-refractivity contribution in [1.82, 2.24) is 10.2 Å². The zero-order valence-electron chi connectivity index (χ0n) is 12.7. The maximum atomic E-state index is 14.2. The predicted molar refractivity (Wildman–Crippen MR) is 91.4 cm³/mol. The van der Waals surface area contributed by atoms with Gasteiger partial charge in [-0.1, -0.05) is 42.5 Å². The van der Waals surface area contributed by atoms with Gasteiger partial charge in [0.1, 0.15) is 5.82 Å². The number of carbonyl (C=O) groups is 1. The van der Waals surface area contributed by atoms with Gasteiger partial charge in [-0.15, -0.1) is 0 Å². The highest BCUT2D eigenvalue weighted by molar-refractivity contribution is 6.09. The van der Waals surface area contributed by atoms with E-state index in [-0.39, 0.29) is 11.3 Å². The Balaban J connectivity index is 1.79. The molecule has 0 bridgehead atoms. The van der Waals surface area contributed by atoms with E-state index < -0.39 is 5.82 Å². The maximum Gasteiger partial charge on any atom is 0.195 e. The quantitative estimate of drug-likeness (QED) is 0.561. The lowest BCUT2D eigenvalue weighted by Crippen LogP contribution is -2.04. The third-order valence-corrected chi connectivity index (χ3v) is 4.02. The summed E-state index contributed by atoms with van der Waals surface area (Å²) in [6.07, 6.45) is 1.73. The van der Waals surface area contributed by atoms with Crippen molar-refractivity contribution in [3.05, 3.63) is 89.9 Å². The average Bonchev–Trinajstić information content (AvgIpc) is 3.10. The Kier molecular flexibility index (Phi) is 3.43. The molecule has 0 aliphatic heterocycles. The second-order valence-corrected chi connectivity index (χ2v) is 5.56. The maximum absolute atomic E-state index is 14.2. The first-order valence-electron chi connectivity index (χ1n) is 7.55. The minimum atomic E-state index is -0.517. The highest BCUT2D eigenvalue weighted by atomic mass is 19.1. The van der Waals surface area contributed by atoms with Crippen molar-refractivity contribution < 1.29 is 9.18 Å². The van der Waals surface area contributed by atoms with Crippen LogP contribution in [0.15, 0.2) is 72.9 Å². The Morgan fingerprint density at radius 1 is 0.917 bits per heavy atom. The summed E-state index contributed by atoms with van der Waals surface area (Å²) in [6.45, 7) is 0. The molecule has 0 radical (unpaired) electrons. The molecule has 4 heteroatoms. The monoisotopic (exact) mass is 316 g/mol. The minimum Gasteiger partial charge on any atom is -0.288 e. The topological polar surface area (TPSA) is 45.8 Å². The highest BCUT2D eigenvalue weighted by Crippen LogP contribution is 2.26. The van der Waals surface area contributed by atoms with Crippen molar-refractivity contribution >= 4 is 16.7 Å². The molecule has 3 aromatic carbocycles. The van der Waals surface area contributed by atoms with Crippen LogP contribution in [-0.4, -0.2) is 16.0 Å². The number of hydrogen-bond acceptors (Lipinski definition) is 2. The number of fused-ring (bicyclic) bond motifs is 1. The number of ketones is 1. The summed E-state index contributed by atoms with van der Waals surface area (Å²) in [5, 5.41) is 7.86. The zero-order chi connectivity index (χ0) is 16.5. The predicted octanol–water partition coefficient (Wildman–Crippen LogP) is 4.60. The smallest absolute Gasteiger partial charge is 0.195 e. The second kappa shape index (κ2) is 5.74. The lowest BCUT2D eigenvalue weighted by Gasteiger charge is -2.07. The molecule has 0 amide bonds. The lowest BCUT2D eigenvalue weighted by molar-refractivity contribution is 0.103. The molecule has 1 aromatic heterocycles. The van der Waals surface area contributed by atoms with Crippen molar-refractivity contribution in [2.45, 2.75) is 0 Å². The van der Waals surface area contributed by atoms with Crippen LogP contribution in [0.25, 0.3) is 22.0 Å². The largest absolute Gasteiger partial charge is 0.288 e. The third-order valence-electron chi connectivity index (χ3n) is 4.02. The average molecular weight is 316 g/mol. The van der Waals surface area contributed by atoms with Crippen LogP contribution in [0.1, 0.15) is 15.9 Å². The van der Waals surface area contributed by atoms with Gasteiger partial charge in [0.2, 0.25) is 0 Å². The molecule has 4 aromatic rings. The van der Waals surface area contributed by atoms with Crippen molar-refractivity contribution in [2.24, 2.45) is 0 Å². The fourth-order valence-corrected chi connectivity index (χ4v) is 2.75. The van der Waals surface area contributed by atoms with E-state index >= 15 is 0 Å². The van der Waals surface area contributed by atoms with Gasteiger partial charge in [0.05, 0.1) is 17.3 Å². The summed E-state index contributed by atoms with van der Waals surface area (Å²) < 4.78 is 14.2. The van der Waals surface area contributed by atoms with Gasteiger partial charge in [0.15, 0.2) is 5.78 Å². The lowest BCUT2D eigenvalue weighted by atomic mass is 9.97. The van der Waals surface area contributed by atoms with E-state index in [1.807, 2.05) is 24.3 Å². The third kappa shape index (κ3) is 2.48. The Hall–Kier alpha value is -3.27. The number of nitrogens with zero attached hydrogens (tertiary/aromatic N) is 1. The van der Waals surface area contributed by atoms with Gasteiger partial charge in [-0.2, -0.15) is 5.10 Å². The van der Waals surface area contributed by atoms with Crippen LogP contribution >= 0.6 is 0 Å². The molecule has 116 valence electrons. The first kappa shape index (κ1) is 14.3. The first-order chi connectivity index (χ1) is 11.7. The number of H-pyrrole nitrogens is 1. The fraction of sp³-hybridized carbons (Fsp3) is 0. The molecule has 0 aliphatic rings. The van der Waals surface area contributed by atoms with E-state index in [2.05, 4.69) is 10.2 Å². The van der Waals surface area contributed by atoms with Gasteiger partial charge in [0, 0.05) is 10.9 Å². The SMILES string of the molecule is O=C(c1ccccc1)c1cc(-c2ccc3[nH]ncc3c2)ccc1F. The molecule has 24 heavy (non-hydrogen) atoms. The van der Waals surface area contributed by atoms with Gasteiger partial charge in [0.25, 0.3) is 0 Å². The second-order valence-electron chi connectivity index (χ2n) is 5.56. The molecular weight excluding hydrogens is 303 g/mol. The molecule has 0 spiro atoms. The number of carbonyl (C=O) groups excluding carboxylic acids is 1. The Morgan fingerprint density at radius 3 is 2.50 bits per heavy atom. The normalized spacial score (nSPS) is 10.9. The van der Waals surface area contributed by atoms with Gasteiger partial charge < -0.3 is 0 Å². The molecular formula is C20H13FN2O. The minimum absolute atomic E-state index is 0.0750. The van der Waals surface area contributed by atoms with E-state index in [0.717, 1.165) is 22.0 Å². The fourth-order valence-electron chi connectivity index (χ4n) is 2.75. The van der Waals surface area contributed by atoms with Gasteiger partial charge in [-0.25, -0.2) is 4.39 Å². The van der Waals surface area contributed by atoms with Crippen molar-refractivity contribution in [3.8, 4) is 11.1 Å². The molecule has 0 saturated carbocycles. The zero-order valence-corrected chi connectivity index (χ0v) is 12.7. The molecule has 0 fully saturated rings. The summed E-state index contributed by atoms with van der Waals surface area (Å²) >= 11 is 0. The molecule has 0 unspecified atom stereocenters. The van der Waals surface area contributed by atoms with Crippen LogP contribution in [0.5, 0.6) is 0 Å². The van der Waals surface area contributed by atoms with Gasteiger partial charge in [-0.3, -0.25) is 9.89 Å². The number of aromatic nitrogens is 2. The molecule has 3 nitrogen and oxygen atoms in total. The van der Waals surface area contributed by atoms with Crippen molar-refractivity contribution in [2.75, 3.05) is 0 Å². The summed E-state index contributed by atoms with van der Waals surface area (Å²) in [5.41, 5.74) is 3.18. The van der Waals surface area contributed by atoms with E-state index in [4.69, 9.17) is 0 Å². The van der Waals surface area contributed by atoms with Crippen molar-refractivity contribution in [1.29, 1.82) is 0 Å². The molecule has 4 rings (SSSR count). The molecule has 1 N–H and O–H groups in total. The number of aromatic amines is 1. The Labute approximate surface area is 137 Å². The van der Waals surface area contributed by atoms with Crippen LogP contribution in [0.4, 0.5) is 4.39 Å². The number of benzene rings is 3. The van der Waals surface area contributed by atoms with Crippen LogP contribution in [0.2, 0.25) is 0 Å². The van der Waals surface area contributed by atoms with Crippen LogP contribution in [0.3, 0.4) is 0 Å². The van der Waals surface area contributed by atoms with Gasteiger partial charge in [-0.05, 0) is 35.4 Å². The Bertz CT molecular complexity index is 1040. The van der Waals surface area contributed by atoms with Crippen LogP contribution < -0.4 is 0 Å². The van der Waals surface area contributed by atoms with E-state index in [9.17, 15) is 9.18 Å². The highest BCUT2D eigenvalue weighted by Gasteiger charge is 2.15. The molecule has 0 saturated heterocycles. The van der Waals surface area contributed by atoms with Crippen LogP contribution in [-0.2, 0) is 0 Å². The summed E-state index contributed by atoms with van der Waals surface area (Å²) in [4.78, 5) is 12.6. The van der Waals surface area contributed by atoms with E-state index in [0.29, 0.717) is 5.56 Å². The first-order valence-corrected chi connectivity index (χ1v) is 7.55. The summed E-state index contributed by atoms with van der Waals surface area (Å²) in [7, 11) is 0. The van der Waals surface area contributed by atoms with Crippen molar-refractivity contribution in [3.63, 3.8) is 0 Å².